The van der Waals surface area contributed by atoms with Crippen LogP contribution in [0.15, 0.2) is 96.2 Å². The quantitative estimate of drug-likeness (QED) is 0.149. The van der Waals surface area contributed by atoms with Crippen LogP contribution in [0.5, 0.6) is 0 Å². The van der Waals surface area contributed by atoms with Gasteiger partial charge in [0.15, 0.2) is 6.29 Å². The molecule has 0 saturated carbocycles. The summed E-state index contributed by atoms with van der Waals surface area (Å²) in [6, 6.07) is 24.2. The number of nitrogens with zero attached hydrogens (tertiary/aromatic N) is 2. The number of carboxylic acids is 1. The zero-order valence-electron chi connectivity index (χ0n) is 27.8. The third kappa shape index (κ3) is 8.64. The van der Waals surface area contributed by atoms with Crippen LogP contribution in [-0.4, -0.2) is 68.5 Å². The molecule has 0 bridgehead atoms. The predicted molar refractivity (Wildman–Crippen MR) is 185 cm³/mol. The molecule has 0 unspecified atom stereocenters. The third-order valence-corrected chi connectivity index (χ3v) is 10.2. The first-order chi connectivity index (χ1) is 25.0. The van der Waals surface area contributed by atoms with E-state index in [1.54, 1.807) is 18.3 Å². The van der Waals surface area contributed by atoms with Gasteiger partial charge in [-0.05, 0) is 52.8 Å². The van der Waals surface area contributed by atoms with Crippen molar-refractivity contribution in [3.05, 3.63) is 119 Å². The summed E-state index contributed by atoms with van der Waals surface area (Å²) in [6.45, 7) is -0.164. The minimum absolute atomic E-state index is 0.0477. The molecular weight excluding hydrogens is 699 g/mol. The predicted octanol–water partition coefficient (Wildman–Crippen LogP) is 6.45. The lowest BCUT2D eigenvalue weighted by molar-refractivity contribution is -0.245. The lowest BCUT2D eigenvalue weighted by Gasteiger charge is -2.36. The Hall–Kier alpha value is -4.76. The van der Waals surface area contributed by atoms with Crippen LogP contribution >= 0.6 is 11.8 Å². The molecule has 2 aliphatic rings. The van der Waals surface area contributed by atoms with Gasteiger partial charge in [-0.3, -0.25) is 9.59 Å². The second-order valence-electron chi connectivity index (χ2n) is 12.5. The number of aliphatic hydroxyl groups is 1. The number of benzene rings is 3. The van der Waals surface area contributed by atoms with Crippen molar-refractivity contribution in [1.29, 1.82) is 0 Å². The number of ether oxygens (including phenoxy) is 2. The Bertz CT molecular complexity index is 1890. The highest BCUT2D eigenvalue weighted by Crippen LogP contribution is 2.40. The summed E-state index contributed by atoms with van der Waals surface area (Å²) in [5, 5.41) is 22.2. The van der Waals surface area contributed by atoms with Gasteiger partial charge in [-0.2, -0.15) is 13.2 Å². The summed E-state index contributed by atoms with van der Waals surface area (Å²) in [5.41, 5.74) is 4.87. The Morgan fingerprint density at radius 3 is 2.38 bits per heavy atom. The summed E-state index contributed by atoms with van der Waals surface area (Å²) < 4.78 is 52.1. The van der Waals surface area contributed by atoms with E-state index in [-0.39, 0.29) is 43.9 Å². The molecule has 0 radical (unpaired) electrons. The number of alkyl halides is 3. The highest BCUT2D eigenvalue weighted by atomic mass is 32.2. The lowest BCUT2D eigenvalue weighted by Crippen LogP contribution is -2.50. The smallest absolute Gasteiger partial charge is 0.471 e. The number of thioether (sulfide) groups is 1. The number of aliphatic hydroxyl groups excluding tert-OH is 1. The van der Waals surface area contributed by atoms with Gasteiger partial charge < -0.3 is 29.9 Å². The van der Waals surface area contributed by atoms with Gasteiger partial charge in [0, 0.05) is 37.0 Å². The van der Waals surface area contributed by atoms with Crippen molar-refractivity contribution in [2.45, 2.75) is 68.2 Å². The van der Waals surface area contributed by atoms with E-state index in [1.807, 2.05) is 66.7 Å². The molecule has 2 amide bonds. The lowest BCUT2D eigenvalue weighted by atomic mass is 9.97. The number of aromatic carboxylic acids is 1. The normalized spacial score (nSPS) is 20.4. The van der Waals surface area contributed by atoms with Crippen molar-refractivity contribution in [3.8, 4) is 11.1 Å². The Balaban J connectivity index is 1.17. The summed E-state index contributed by atoms with van der Waals surface area (Å²) in [7, 11) is 0. The van der Waals surface area contributed by atoms with Gasteiger partial charge in [0.25, 0.3) is 0 Å². The highest BCUT2D eigenvalue weighted by Gasteiger charge is 2.47. The van der Waals surface area contributed by atoms with Crippen LogP contribution in [-0.2, 0) is 32.2 Å². The molecule has 10 nitrogen and oxygen atoms in total. The largest absolute Gasteiger partial charge is 0.478 e. The van der Waals surface area contributed by atoms with Crippen molar-refractivity contribution in [2.24, 2.45) is 0 Å². The molecule has 2 aliphatic heterocycles. The summed E-state index contributed by atoms with van der Waals surface area (Å²) in [6.07, 6.45) is -3.99. The molecule has 3 N–H and O–H groups in total. The van der Waals surface area contributed by atoms with E-state index in [0.29, 0.717) is 28.5 Å². The van der Waals surface area contributed by atoms with Crippen LogP contribution < -0.4 is 5.32 Å². The maximum absolute atomic E-state index is 13.1. The number of hydrogen-bond donors (Lipinski definition) is 3. The Morgan fingerprint density at radius 1 is 0.942 bits per heavy atom. The second-order valence-corrected chi connectivity index (χ2v) is 13.5. The van der Waals surface area contributed by atoms with E-state index in [4.69, 9.17) is 9.47 Å². The Morgan fingerprint density at radius 2 is 1.67 bits per heavy atom. The van der Waals surface area contributed by atoms with E-state index < -0.39 is 36.3 Å². The molecule has 2 fully saturated rings. The number of hydrogen-bond acceptors (Lipinski definition) is 8. The molecule has 4 aromatic rings. The van der Waals surface area contributed by atoms with Crippen molar-refractivity contribution < 1.29 is 47.2 Å². The molecule has 272 valence electrons. The maximum atomic E-state index is 13.1. The zero-order chi connectivity index (χ0) is 36.8. The van der Waals surface area contributed by atoms with Crippen LogP contribution in [0.3, 0.4) is 0 Å². The van der Waals surface area contributed by atoms with Crippen LogP contribution in [0.4, 0.5) is 13.2 Å². The molecule has 0 spiro atoms. The van der Waals surface area contributed by atoms with E-state index in [1.165, 1.54) is 17.8 Å². The topological polar surface area (TPSA) is 138 Å². The molecule has 52 heavy (non-hydrogen) atoms. The SMILES string of the molecule is O=C(O)c1cccnc1SC[C@@H]1C[C@H](c2ccc(CO)cc2)O[C@H](c2ccc(-c3ccccc3CNC(=O)[C@@H]3CCCN3C(=O)C(F)(F)F)cc2)O1. The van der Waals surface area contributed by atoms with E-state index in [2.05, 4.69) is 10.3 Å². The fraction of sp³-hybridized carbons (Fsp3) is 0.316. The molecule has 14 heteroatoms. The number of amides is 2. The first-order valence-electron chi connectivity index (χ1n) is 16.7. The van der Waals surface area contributed by atoms with E-state index >= 15 is 0 Å². The summed E-state index contributed by atoms with van der Waals surface area (Å²) in [5.74, 6) is -3.29. The molecular formula is C38H36F3N3O7S. The van der Waals surface area contributed by atoms with Gasteiger partial charge in [0.05, 0.1) is 24.4 Å². The standard InChI is InChI=1S/C38H36F3N3O7S/c39-38(40,41)37(49)44-18-4-8-31(44)33(46)43-20-27-5-1-2-6-29(27)24-13-15-26(16-14-24)36-50-28(22-52-34-30(35(47)48)7-3-17-42-34)19-32(51-36)25-11-9-23(21-45)10-12-25/h1-3,5-7,9-17,28,31-32,36,45H,4,8,18-22H2,(H,43,46)(H,47,48)/t28-,31-,32+,36+/m0/s1. The van der Waals surface area contributed by atoms with Crippen molar-refractivity contribution in [2.75, 3.05) is 12.3 Å². The third-order valence-electron chi connectivity index (χ3n) is 9.05. The van der Waals surface area contributed by atoms with Gasteiger partial charge >= 0.3 is 18.1 Å². The van der Waals surface area contributed by atoms with Gasteiger partial charge in [-0.25, -0.2) is 9.78 Å². The number of nitrogens with one attached hydrogen (secondary N) is 1. The van der Waals surface area contributed by atoms with Crippen LogP contribution in [0, 0.1) is 0 Å². The fourth-order valence-electron chi connectivity index (χ4n) is 6.38. The van der Waals surface area contributed by atoms with Crippen LogP contribution in [0.2, 0.25) is 0 Å². The second kappa shape index (κ2) is 16.3. The average Bonchev–Trinajstić information content (AvgIpc) is 3.66. The summed E-state index contributed by atoms with van der Waals surface area (Å²) >= 11 is 1.30. The van der Waals surface area contributed by atoms with Crippen molar-refractivity contribution in [3.63, 3.8) is 0 Å². The molecule has 3 heterocycles. The van der Waals surface area contributed by atoms with E-state index in [0.717, 1.165) is 33.4 Å². The molecule has 1 aromatic heterocycles. The molecule has 4 atom stereocenters. The molecule has 3 aromatic carbocycles. The van der Waals surface area contributed by atoms with Crippen molar-refractivity contribution >= 4 is 29.5 Å². The molecule has 0 aliphatic carbocycles. The number of halogens is 3. The monoisotopic (exact) mass is 735 g/mol. The minimum atomic E-state index is -5.05. The number of pyridine rings is 1. The number of rotatable bonds is 11. The van der Waals surface area contributed by atoms with E-state index in [9.17, 15) is 37.8 Å². The highest BCUT2D eigenvalue weighted by molar-refractivity contribution is 7.99. The van der Waals surface area contributed by atoms with Gasteiger partial charge in [-0.1, -0.05) is 72.8 Å². The van der Waals surface area contributed by atoms with Gasteiger partial charge in [-0.15, -0.1) is 11.8 Å². The first kappa shape index (κ1) is 37.0. The minimum Gasteiger partial charge on any atom is -0.478 e. The zero-order valence-corrected chi connectivity index (χ0v) is 28.6. The molecule has 2 saturated heterocycles. The summed E-state index contributed by atoms with van der Waals surface area (Å²) in [4.78, 5) is 41.4. The average molecular weight is 736 g/mol. The number of carbonyl (C=O) groups is 3. The van der Waals surface area contributed by atoms with Gasteiger partial charge in [0.2, 0.25) is 5.91 Å². The van der Waals surface area contributed by atoms with Crippen molar-refractivity contribution in [1.82, 2.24) is 15.2 Å². The number of aromatic nitrogens is 1. The van der Waals surface area contributed by atoms with Gasteiger partial charge in [0.1, 0.15) is 11.1 Å². The number of likely N-dealkylation sites (tertiary alicyclic amines) is 1. The fourth-order valence-corrected chi connectivity index (χ4v) is 7.39. The first-order valence-corrected chi connectivity index (χ1v) is 17.7. The van der Waals surface area contributed by atoms with Crippen LogP contribution in [0.1, 0.15) is 64.3 Å². The van der Waals surface area contributed by atoms with Crippen LogP contribution in [0.25, 0.3) is 11.1 Å². The number of carboxylic acid groups (broad SMARTS) is 1. The maximum Gasteiger partial charge on any atom is 0.471 e. The molecule has 6 rings (SSSR count). The Kier molecular flexibility index (Phi) is 11.6. The Labute approximate surface area is 302 Å². The number of carbonyl (C=O) groups excluding carboxylic acids is 2.